The minimum atomic E-state index is -4.15. The number of aliphatic hydroxyl groups is 1. The molecule has 0 rings (SSSR count). The number of carbonyl (C=O) groups is 2. The summed E-state index contributed by atoms with van der Waals surface area (Å²) >= 11 is 0. The predicted molar refractivity (Wildman–Crippen MR) is 56.7 cm³/mol. The zero-order valence-electron chi connectivity index (χ0n) is 9.41. The Morgan fingerprint density at radius 3 is 2.29 bits per heavy atom. The van der Waals surface area contributed by atoms with Crippen LogP contribution in [0.15, 0.2) is 0 Å². The Bertz CT molecular complexity index is 377. The number of methoxy groups -OCH3 is 1. The summed E-state index contributed by atoms with van der Waals surface area (Å²) in [5.41, 5.74) is 0. The molecule has 0 aromatic heterocycles. The van der Waals surface area contributed by atoms with E-state index in [9.17, 15) is 18.0 Å². The van der Waals surface area contributed by atoms with Crippen molar-refractivity contribution in [2.45, 2.75) is 24.6 Å². The summed E-state index contributed by atoms with van der Waals surface area (Å²) in [6, 6.07) is -1.47. The highest BCUT2D eigenvalue weighted by Crippen LogP contribution is 2.04. The van der Waals surface area contributed by atoms with E-state index in [0.717, 1.165) is 14.0 Å². The molecule has 0 aliphatic heterocycles. The van der Waals surface area contributed by atoms with Gasteiger partial charge < -0.3 is 14.9 Å². The summed E-state index contributed by atoms with van der Waals surface area (Å²) in [6.07, 6.45) is -0.289. The van der Waals surface area contributed by atoms with Gasteiger partial charge in [-0.3, -0.25) is 9.59 Å². The summed E-state index contributed by atoms with van der Waals surface area (Å²) in [7, 11) is -3.13. The van der Waals surface area contributed by atoms with Crippen molar-refractivity contribution in [3.05, 3.63) is 0 Å². The molecule has 8 nitrogen and oxygen atoms in total. The lowest BCUT2D eigenvalue weighted by Gasteiger charge is -2.16. The Kier molecular flexibility index (Phi) is 6.07. The van der Waals surface area contributed by atoms with Crippen LogP contribution in [0.1, 0.15) is 13.3 Å². The van der Waals surface area contributed by atoms with Gasteiger partial charge in [0.05, 0.1) is 7.11 Å². The van der Waals surface area contributed by atoms with E-state index in [4.69, 9.17) is 10.2 Å². The third kappa shape index (κ3) is 4.67. The fourth-order valence-electron chi connectivity index (χ4n) is 0.955. The quantitative estimate of drug-likeness (QED) is 0.470. The van der Waals surface area contributed by atoms with Gasteiger partial charge in [-0.1, -0.05) is 0 Å². The monoisotopic (exact) mass is 269 g/mol. The third-order valence-electron chi connectivity index (χ3n) is 2.02. The molecule has 100 valence electrons. The minimum absolute atomic E-state index is 0.289. The van der Waals surface area contributed by atoms with Crippen molar-refractivity contribution in [3.8, 4) is 0 Å². The van der Waals surface area contributed by atoms with Gasteiger partial charge in [-0.05, 0) is 13.3 Å². The second-order valence-electron chi connectivity index (χ2n) is 3.23. The molecule has 0 aromatic rings. The van der Waals surface area contributed by atoms with Crippen molar-refractivity contribution < 1.29 is 33.0 Å². The molecular formula is C8H15NO7S. The van der Waals surface area contributed by atoms with Crippen LogP contribution in [0, 0.1) is 0 Å². The van der Waals surface area contributed by atoms with Crippen molar-refractivity contribution in [1.29, 1.82) is 0 Å². The van der Waals surface area contributed by atoms with E-state index in [1.54, 1.807) is 0 Å². The molecule has 0 saturated carbocycles. The molecule has 0 amide bonds. The van der Waals surface area contributed by atoms with E-state index in [2.05, 4.69) is 4.74 Å². The van der Waals surface area contributed by atoms with Crippen LogP contribution in [-0.4, -0.2) is 55.6 Å². The number of hydrogen-bond acceptors (Lipinski definition) is 6. The van der Waals surface area contributed by atoms with Crippen molar-refractivity contribution in [2.24, 2.45) is 0 Å². The molecule has 0 aliphatic carbocycles. The van der Waals surface area contributed by atoms with Gasteiger partial charge in [0.2, 0.25) is 10.0 Å². The number of sulfonamides is 1. The van der Waals surface area contributed by atoms with Crippen LogP contribution in [-0.2, 0) is 24.3 Å². The first-order chi connectivity index (χ1) is 7.76. The van der Waals surface area contributed by atoms with Crippen LogP contribution in [0.25, 0.3) is 0 Å². The SMILES string of the molecule is COC(=O)C(C)S(=O)(=O)N[C@@H](CCO)C(=O)O. The largest absolute Gasteiger partial charge is 0.480 e. The lowest BCUT2D eigenvalue weighted by Crippen LogP contribution is -2.47. The minimum Gasteiger partial charge on any atom is -0.480 e. The van der Waals surface area contributed by atoms with Gasteiger partial charge in [0.1, 0.15) is 6.04 Å². The number of rotatable bonds is 7. The first kappa shape index (κ1) is 15.8. The van der Waals surface area contributed by atoms with E-state index in [-0.39, 0.29) is 6.42 Å². The van der Waals surface area contributed by atoms with Gasteiger partial charge in [0, 0.05) is 6.61 Å². The van der Waals surface area contributed by atoms with Crippen LogP contribution >= 0.6 is 0 Å². The number of aliphatic hydroxyl groups excluding tert-OH is 1. The highest BCUT2D eigenvalue weighted by molar-refractivity contribution is 7.90. The third-order valence-corrected chi connectivity index (χ3v) is 3.76. The highest BCUT2D eigenvalue weighted by atomic mass is 32.2. The van der Waals surface area contributed by atoms with E-state index >= 15 is 0 Å². The Morgan fingerprint density at radius 1 is 1.41 bits per heavy atom. The zero-order valence-corrected chi connectivity index (χ0v) is 10.2. The maximum atomic E-state index is 11.6. The Morgan fingerprint density at radius 2 is 1.94 bits per heavy atom. The summed E-state index contributed by atoms with van der Waals surface area (Å²) in [4.78, 5) is 21.7. The van der Waals surface area contributed by atoms with Crippen molar-refractivity contribution in [1.82, 2.24) is 4.72 Å². The lowest BCUT2D eigenvalue weighted by atomic mass is 10.2. The number of carboxylic acids is 1. The number of ether oxygens (including phenoxy) is 1. The van der Waals surface area contributed by atoms with E-state index in [0.29, 0.717) is 0 Å². The Labute approximate surface area is 98.6 Å². The summed E-state index contributed by atoms with van der Waals surface area (Å²) < 4.78 is 29.2. The van der Waals surface area contributed by atoms with Gasteiger partial charge in [-0.15, -0.1) is 0 Å². The number of hydrogen-bond donors (Lipinski definition) is 3. The van der Waals surface area contributed by atoms with Gasteiger partial charge in [0.25, 0.3) is 0 Å². The topological polar surface area (TPSA) is 130 Å². The Balaban J connectivity index is 4.83. The summed E-state index contributed by atoms with van der Waals surface area (Å²) in [5.74, 6) is -2.43. The smallest absolute Gasteiger partial charge is 0.325 e. The summed E-state index contributed by atoms with van der Waals surface area (Å²) in [6.45, 7) is 0.581. The molecule has 0 aliphatic rings. The molecule has 0 bridgehead atoms. The van der Waals surface area contributed by atoms with Crippen LogP contribution in [0.5, 0.6) is 0 Å². The van der Waals surface area contributed by atoms with Crippen LogP contribution in [0.4, 0.5) is 0 Å². The van der Waals surface area contributed by atoms with Gasteiger partial charge >= 0.3 is 11.9 Å². The average molecular weight is 269 g/mol. The number of nitrogens with one attached hydrogen (secondary N) is 1. The maximum Gasteiger partial charge on any atom is 0.325 e. The predicted octanol–water partition coefficient (Wildman–Crippen LogP) is -1.70. The molecular weight excluding hydrogens is 254 g/mol. The molecule has 0 saturated heterocycles. The normalized spacial score (nSPS) is 15.0. The standard InChI is InChI=1S/C8H15NO7S/c1-5(8(13)16-2)17(14,15)9-6(3-4-10)7(11)12/h5-6,9-10H,3-4H2,1-2H3,(H,11,12)/t5?,6-/m0/s1. The zero-order chi connectivity index (χ0) is 13.6. The molecule has 0 aromatic carbocycles. The highest BCUT2D eigenvalue weighted by Gasteiger charge is 2.32. The van der Waals surface area contributed by atoms with Gasteiger partial charge in [-0.2, -0.15) is 0 Å². The molecule has 0 heterocycles. The van der Waals surface area contributed by atoms with Gasteiger partial charge in [0.15, 0.2) is 5.25 Å². The fourth-order valence-corrected chi connectivity index (χ4v) is 2.12. The van der Waals surface area contributed by atoms with Gasteiger partial charge in [-0.25, -0.2) is 13.1 Å². The second kappa shape index (κ2) is 6.52. The number of aliphatic carboxylic acids is 1. The first-order valence-electron chi connectivity index (χ1n) is 4.69. The molecule has 17 heavy (non-hydrogen) atoms. The van der Waals surface area contributed by atoms with Crippen LogP contribution in [0.3, 0.4) is 0 Å². The van der Waals surface area contributed by atoms with Crippen molar-refractivity contribution in [3.63, 3.8) is 0 Å². The van der Waals surface area contributed by atoms with Crippen molar-refractivity contribution in [2.75, 3.05) is 13.7 Å². The molecule has 1 unspecified atom stereocenters. The first-order valence-corrected chi connectivity index (χ1v) is 6.23. The molecule has 0 spiro atoms. The van der Waals surface area contributed by atoms with Crippen LogP contribution < -0.4 is 4.72 Å². The maximum absolute atomic E-state index is 11.6. The number of esters is 1. The van der Waals surface area contributed by atoms with E-state index in [1.165, 1.54) is 0 Å². The lowest BCUT2D eigenvalue weighted by molar-refractivity contribution is -0.141. The van der Waals surface area contributed by atoms with E-state index < -0.39 is 39.9 Å². The molecule has 0 fully saturated rings. The van der Waals surface area contributed by atoms with Crippen molar-refractivity contribution >= 4 is 22.0 Å². The number of carboxylic acid groups (broad SMARTS) is 1. The molecule has 2 atom stereocenters. The van der Waals surface area contributed by atoms with Crippen LogP contribution in [0.2, 0.25) is 0 Å². The molecule has 3 N–H and O–H groups in total. The second-order valence-corrected chi connectivity index (χ2v) is 5.26. The molecule has 9 heteroatoms. The fraction of sp³-hybridized carbons (Fsp3) is 0.750. The molecule has 0 radical (unpaired) electrons. The summed E-state index contributed by atoms with van der Waals surface area (Å²) in [5, 5.41) is 15.8. The van der Waals surface area contributed by atoms with E-state index in [1.807, 2.05) is 4.72 Å². The Hall–Kier alpha value is -1.19. The average Bonchev–Trinajstić information content (AvgIpc) is 2.26. The number of carbonyl (C=O) groups excluding carboxylic acids is 1.